The molecule has 2 rings (SSSR count). The second kappa shape index (κ2) is 7.93. The lowest BCUT2D eigenvalue weighted by molar-refractivity contribution is -0.143. The van der Waals surface area contributed by atoms with E-state index in [0.29, 0.717) is 0 Å². The third-order valence-corrected chi connectivity index (χ3v) is 4.58. The Kier molecular flexibility index (Phi) is 6.19. The highest BCUT2D eigenvalue weighted by Gasteiger charge is 2.29. The molecule has 0 spiro atoms. The van der Waals surface area contributed by atoms with Crippen molar-refractivity contribution in [1.82, 2.24) is 9.80 Å². The fourth-order valence-electron chi connectivity index (χ4n) is 3.68. The molecule has 0 radical (unpaired) electrons. The molecule has 0 unspecified atom stereocenters. The van der Waals surface area contributed by atoms with E-state index in [1.165, 1.54) is 5.56 Å². The van der Waals surface area contributed by atoms with Crippen LogP contribution in [0.1, 0.15) is 32.3 Å². The molecular formula is C19H30N2O2. The number of benzene rings is 1. The zero-order chi connectivity index (χ0) is 16.9. The van der Waals surface area contributed by atoms with Crippen LogP contribution in [0, 0.1) is 11.3 Å². The maximum atomic E-state index is 11.0. The zero-order valence-corrected chi connectivity index (χ0v) is 14.7. The van der Waals surface area contributed by atoms with Gasteiger partial charge in [-0.3, -0.25) is 4.79 Å². The smallest absolute Gasteiger partial charge is 0.306 e. The topological polar surface area (TPSA) is 43.8 Å². The normalized spacial score (nSPS) is 17.6. The first kappa shape index (κ1) is 18.0. The van der Waals surface area contributed by atoms with E-state index >= 15 is 0 Å². The Hall–Kier alpha value is -1.39. The molecule has 1 aliphatic rings. The van der Waals surface area contributed by atoms with Gasteiger partial charge >= 0.3 is 5.97 Å². The molecule has 0 saturated carbocycles. The number of carboxylic acid groups (broad SMARTS) is 1. The fourth-order valence-corrected chi connectivity index (χ4v) is 3.68. The molecule has 0 aliphatic carbocycles. The Balaban J connectivity index is 1.79. The molecule has 128 valence electrons. The number of carboxylic acids is 1. The number of hydrogen-bond acceptors (Lipinski definition) is 3. The number of likely N-dealkylation sites (tertiary alicyclic amines) is 1. The van der Waals surface area contributed by atoms with Crippen LogP contribution in [0.5, 0.6) is 0 Å². The second-order valence-electron chi connectivity index (χ2n) is 7.71. The Morgan fingerprint density at radius 2 is 1.87 bits per heavy atom. The molecule has 0 atom stereocenters. The predicted octanol–water partition coefficient (Wildman–Crippen LogP) is 2.94. The van der Waals surface area contributed by atoms with Gasteiger partial charge < -0.3 is 14.9 Å². The van der Waals surface area contributed by atoms with Crippen molar-refractivity contribution >= 4 is 5.97 Å². The third-order valence-electron chi connectivity index (χ3n) is 4.58. The summed E-state index contributed by atoms with van der Waals surface area (Å²) in [5, 5.41) is 9.09. The minimum Gasteiger partial charge on any atom is -0.481 e. The molecule has 1 heterocycles. The highest BCUT2D eigenvalue weighted by molar-refractivity contribution is 5.70. The Bertz CT molecular complexity index is 493. The predicted molar refractivity (Wildman–Crippen MR) is 93.4 cm³/mol. The molecular weight excluding hydrogens is 288 g/mol. The summed E-state index contributed by atoms with van der Waals surface area (Å²) in [6, 6.07) is 10.6. The largest absolute Gasteiger partial charge is 0.481 e. The van der Waals surface area contributed by atoms with Crippen LogP contribution in [0.15, 0.2) is 30.3 Å². The van der Waals surface area contributed by atoms with Gasteiger partial charge in [0.1, 0.15) is 0 Å². The average Bonchev–Trinajstić information content (AvgIpc) is 2.47. The molecule has 0 aromatic heterocycles. The van der Waals surface area contributed by atoms with E-state index in [0.717, 1.165) is 45.6 Å². The number of aliphatic carboxylic acids is 1. The van der Waals surface area contributed by atoms with Crippen LogP contribution in [0.2, 0.25) is 0 Å². The zero-order valence-electron chi connectivity index (χ0n) is 14.7. The molecule has 1 aliphatic heterocycles. The summed E-state index contributed by atoms with van der Waals surface area (Å²) in [5.41, 5.74) is 1.53. The molecule has 1 N–H and O–H groups in total. The van der Waals surface area contributed by atoms with E-state index in [-0.39, 0.29) is 11.3 Å². The number of nitrogens with zero attached hydrogens (tertiary/aromatic N) is 2. The minimum atomic E-state index is -0.633. The van der Waals surface area contributed by atoms with Crippen molar-refractivity contribution in [3.63, 3.8) is 0 Å². The average molecular weight is 318 g/mol. The summed E-state index contributed by atoms with van der Waals surface area (Å²) in [6.07, 6.45) is 1.57. The van der Waals surface area contributed by atoms with Gasteiger partial charge in [0, 0.05) is 19.6 Å². The summed E-state index contributed by atoms with van der Waals surface area (Å²) in [7, 11) is 2.17. The molecule has 4 heteroatoms. The molecule has 1 aromatic carbocycles. The number of rotatable bonds is 7. The van der Waals surface area contributed by atoms with Gasteiger partial charge in [0.15, 0.2) is 0 Å². The van der Waals surface area contributed by atoms with Crippen molar-refractivity contribution in [2.75, 3.05) is 33.2 Å². The van der Waals surface area contributed by atoms with Crippen LogP contribution < -0.4 is 0 Å². The molecule has 1 saturated heterocycles. The van der Waals surface area contributed by atoms with Crippen LogP contribution in [0.25, 0.3) is 0 Å². The van der Waals surface area contributed by atoms with Crippen LogP contribution in [-0.4, -0.2) is 54.1 Å². The van der Waals surface area contributed by atoms with Gasteiger partial charge in [-0.1, -0.05) is 44.2 Å². The molecule has 0 bridgehead atoms. The van der Waals surface area contributed by atoms with Gasteiger partial charge in [0.25, 0.3) is 0 Å². The van der Waals surface area contributed by atoms with Gasteiger partial charge in [-0.25, -0.2) is 0 Å². The van der Waals surface area contributed by atoms with Crippen molar-refractivity contribution in [1.29, 1.82) is 0 Å². The number of carbonyl (C=O) groups is 1. The fraction of sp³-hybridized carbons (Fsp3) is 0.632. The summed E-state index contributed by atoms with van der Waals surface area (Å²) in [5.74, 6) is -0.776. The van der Waals surface area contributed by atoms with Crippen molar-refractivity contribution in [2.24, 2.45) is 11.3 Å². The maximum Gasteiger partial charge on any atom is 0.306 e. The minimum absolute atomic E-state index is 0.143. The van der Waals surface area contributed by atoms with E-state index in [1.807, 2.05) is 6.07 Å². The lowest BCUT2D eigenvalue weighted by atomic mass is 9.89. The van der Waals surface area contributed by atoms with E-state index in [9.17, 15) is 4.79 Å². The summed E-state index contributed by atoms with van der Waals surface area (Å²) >= 11 is 0. The Morgan fingerprint density at radius 1 is 1.26 bits per heavy atom. The quantitative estimate of drug-likeness (QED) is 0.839. The molecule has 0 amide bonds. The van der Waals surface area contributed by atoms with Gasteiger partial charge in [-0.2, -0.15) is 0 Å². The third kappa shape index (κ3) is 5.96. The molecule has 23 heavy (non-hydrogen) atoms. The van der Waals surface area contributed by atoms with Gasteiger partial charge in [0.05, 0.1) is 5.92 Å². The first-order chi connectivity index (χ1) is 10.9. The lowest BCUT2D eigenvalue weighted by Crippen LogP contribution is -2.44. The highest BCUT2D eigenvalue weighted by atomic mass is 16.4. The summed E-state index contributed by atoms with van der Waals surface area (Å²) in [4.78, 5) is 15.8. The molecule has 4 nitrogen and oxygen atoms in total. The number of hydrogen-bond donors (Lipinski definition) is 1. The van der Waals surface area contributed by atoms with E-state index in [1.54, 1.807) is 0 Å². The molecule has 1 fully saturated rings. The van der Waals surface area contributed by atoms with E-state index < -0.39 is 5.97 Å². The van der Waals surface area contributed by atoms with E-state index in [2.05, 4.69) is 55.0 Å². The van der Waals surface area contributed by atoms with Gasteiger partial charge in [-0.05, 0) is 44.0 Å². The van der Waals surface area contributed by atoms with Crippen molar-refractivity contribution < 1.29 is 9.90 Å². The Labute approximate surface area is 140 Å². The van der Waals surface area contributed by atoms with E-state index in [4.69, 9.17) is 5.11 Å². The molecule has 1 aromatic rings. The SMILES string of the molecule is CN(Cc1ccccc1)CC(C)(C)CN1CCC(C(=O)O)CC1. The van der Waals surface area contributed by atoms with Gasteiger partial charge in [-0.15, -0.1) is 0 Å². The van der Waals surface area contributed by atoms with Crippen LogP contribution >= 0.6 is 0 Å². The number of piperidine rings is 1. The van der Waals surface area contributed by atoms with Crippen LogP contribution in [0.4, 0.5) is 0 Å². The first-order valence-corrected chi connectivity index (χ1v) is 8.53. The Morgan fingerprint density at radius 3 is 2.43 bits per heavy atom. The van der Waals surface area contributed by atoms with Crippen LogP contribution in [0.3, 0.4) is 0 Å². The van der Waals surface area contributed by atoms with Gasteiger partial charge in [0.2, 0.25) is 0 Å². The monoisotopic (exact) mass is 318 g/mol. The summed E-state index contributed by atoms with van der Waals surface area (Å²) < 4.78 is 0. The highest BCUT2D eigenvalue weighted by Crippen LogP contribution is 2.24. The van der Waals surface area contributed by atoms with Crippen molar-refractivity contribution in [2.45, 2.75) is 33.2 Å². The summed E-state index contributed by atoms with van der Waals surface area (Å²) in [6.45, 7) is 9.44. The van der Waals surface area contributed by atoms with Crippen LogP contribution in [-0.2, 0) is 11.3 Å². The first-order valence-electron chi connectivity index (χ1n) is 8.53. The maximum absolute atomic E-state index is 11.0. The van der Waals surface area contributed by atoms with Crippen molar-refractivity contribution in [3.05, 3.63) is 35.9 Å². The standard InChI is InChI=1S/C19H30N2O2/c1-19(2,14-20(3)13-16-7-5-4-6-8-16)15-21-11-9-17(10-12-21)18(22)23/h4-8,17H,9-15H2,1-3H3,(H,22,23). The van der Waals surface area contributed by atoms with Crippen molar-refractivity contribution in [3.8, 4) is 0 Å². The lowest BCUT2D eigenvalue weighted by Gasteiger charge is -2.38. The second-order valence-corrected chi connectivity index (χ2v) is 7.71.